The van der Waals surface area contributed by atoms with Gasteiger partial charge in [-0.25, -0.2) is 0 Å². The number of carbonyl (C=O) groups is 1. The molecule has 1 amide bonds. The largest absolute Gasteiger partial charge is 0.357 e. The van der Waals surface area contributed by atoms with E-state index in [-0.39, 0.29) is 5.91 Å². The van der Waals surface area contributed by atoms with Gasteiger partial charge in [0.2, 0.25) is 0 Å². The SMILES string of the molecule is Cn1ccc(CNC(=O)c2cnccc2Cl)c1. The van der Waals surface area contributed by atoms with E-state index in [4.69, 9.17) is 11.6 Å². The van der Waals surface area contributed by atoms with Crippen molar-refractivity contribution in [3.63, 3.8) is 0 Å². The lowest BCUT2D eigenvalue weighted by Crippen LogP contribution is -2.23. The van der Waals surface area contributed by atoms with E-state index in [0.29, 0.717) is 17.1 Å². The van der Waals surface area contributed by atoms with Crippen molar-refractivity contribution in [3.8, 4) is 0 Å². The maximum atomic E-state index is 11.8. The summed E-state index contributed by atoms with van der Waals surface area (Å²) in [6.45, 7) is 0.477. The Hall–Kier alpha value is -1.81. The topological polar surface area (TPSA) is 46.9 Å². The summed E-state index contributed by atoms with van der Waals surface area (Å²) in [6.07, 6.45) is 6.89. The molecule has 1 N–H and O–H groups in total. The van der Waals surface area contributed by atoms with E-state index in [9.17, 15) is 4.79 Å². The Morgan fingerprint density at radius 2 is 2.35 bits per heavy atom. The van der Waals surface area contributed by atoms with Gasteiger partial charge in [-0.3, -0.25) is 9.78 Å². The zero-order valence-electron chi connectivity index (χ0n) is 9.35. The van der Waals surface area contributed by atoms with Gasteiger partial charge in [-0.2, -0.15) is 0 Å². The molecule has 0 aliphatic carbocycles. The van der Waals surface area contributed by atoms with E-state index in [1.807, 2.05) is 30.1 Å². The van der Waals surface area contributed by atoms with Gasteiger partial charge < -0.3 is 9.88 Å². The molecule has 0 bridgehead atoms. The third kappa shape index (κ3) is 2.85. The third-order valence-corrected chi connectivity index (χ3v) is 2.69. The normalized spacial score (nSPS) is 10.2. The Bertz CT molecular complexity index is 536. The van der Waals surface area contributed by atoms with Crippen molar-refractivity contribution >= 4 is 17.5 Å². The lowest BCUT2D eigenvalue weighted by molar-refractivity contribution is 0.0950. The molecule has 2 rings (SSSR count). The summed E-state index contributed by atoms with van der Waals surface area (Å²) in [7, 11) is 1.93. The molecule has 2 aromatic heterocycles. The number of aromatic nitrogens is 2. The molecular weight excluding hydrogens is 238 g/mol. The van der Waals surface area contributed by atoms with Crippen LogP contribution in [0.15, 0.2) is 36.9 Å². The van der Waals surface area contributed by atoms with Crippen molar-refractivity contribution in [3.05, 3.63) is 53.1 Å². The standard InChI is InChI=1S/C12H12ClN3O/c1-16-5-3-9(8-16)6-15-12(17)10-7-14-4-2-11(10)13/h2-5,7-8H,6H2,1H3,(H,15,17). The Kier molecular flexibility index (Phi) is 3.44. The predicted octanol–water partition coefficient (Wildman–Crippen LogP) is 2.00. The average molecular weight is 250 g/mol. The van der Waals surface area contributed by atoms with Crippen LogP contribution in [0.2, 0.25) is 5.02 Å². The minimum Gasteiger partial charge on any atom is -0.357 e. The van der Waals surface area contributed by atoms with Gasteiger partial charge in [0.1, 0.15) is 0 Å². The van der Waals surface area contributed by atoms with E-state index in [0.717, 1.165) is 5.56 Å². The molecule has 0 saturated heterocycles. The van der Waals surface area contributed by atoms with Crippen molar-refractivity contribution < 1.29 is 4.79 Å². The molecule has 0 unspecified atom stereocenters. The first-order valence-electron chi connectivity index (χ1n) is 5.15. The number of halogens is 1. The summed E-state index contributed by atoms with van der Waals surface area (Å²) in [4.78, 5) is 15.7. The molecule has 0 aromatic carbocycles. The highest BCUT2D eigenvalue weighted by molar-refractivity contribution is 6.33. The molecule has 0 atom stereocenters. The highest BCUT2D eigenvalue weighted by Gasteiger charge is 2.09. The van der Waals surface area contributed by atoms with Crippen molar-refractivity contribution in [1.29, 1.82) is 0 Å². The summed E-state index contributed by atoms with van der Waals surface area (Å²) in [5, 5.41) is 3.20. The number of nitrogens with zero attached hydrogens (tertiary/aromatic N) is 2. The van der Waals surface area contributed by atoms with E-state index in [1.165, 1.54) is 6.20 Å². The molecule has 17 heavy (non-hydrogen) atoms. The Morgan fingerprint density at radius 3 is 3.00 bits per heavy atom. The van der Waals surface area contributed by atoms with Crippen LogP contribution in [0.1, 0.15) is 15.9 Å². The summed E-state index contributed by atoms with van der Waals surface area (Å²) in [5.41, 5.74) is 1.44. The summed E-state index contributed by atoms with van der Waals surface area (Å²) in [6, 6.07) is 3.55. The molecule has 0 radical (unpaired) electrons. The molecular formula is C12H12ClN3O. The molecule has 2 heterocycles. The number of carbonyl (C=O) groups excluding carboxylic acids is 1. The van der Waals surface area contributed by atoms with Crippen LogP contribution in [0.5, 0.6) is 0 Å². The molecule has 88 valence electrons. The van der Waals surface area contributed by atoms with Gasteiger partial charge in [0.25, 0.3) is 5.91 Å². The van der Waals surface area contributed by atoms with Crippen molar-refractivity contribution in [2.75, 3.05) is 0 Å². The Balaban J connectivity index is 2.01. The summed E-state index contributed by atoms with van der Waals surface area (Å²) in [5.74, 6) is -0.216. The fraction of sp³-hybridized carbons (Fsp3) is 0.167. The fourth-order valence-electron chi connectivity index (χ4n) is 1.49. The number of aryl methyl sites for hydroxylation is 1. The van der Waals surface area contributed by atoms with Gasteiger partial charge in [-0.15, -0.1) is 0 Å². The minimum atomic E-state index is -0.216. The van der Waals surface area contributed by atoms with Crippen LogP contribution in [-0.4, -0.2) is 15.5 Å². The molecule has 0 fully saturated rings. The highest BCUT2D eigenvalue weighted by atomic mass is 35.5. The average Bonchev–Trinajstić information content (AvgIpc) is 2.73. The number of pyridine rings is 1. The first-order valence-corrected chi connectivity index (χ1v) is 5.53. The van der Waals surface area contributed by atoms with E-state index >= 15 is 0 Å². The van der Waals surface area contributed by atoms with Crippen LogP contribution in [0.4, 0.5) is 0 Å². The molecule has 4 nitrogen and oxygen atoms in total. The van der Waals surface area contributed by atoms with Gasteiger partial charge in [-0.05, 0) is 17.7 Å². The molecule has 0 saturated carbocycles. The van der Waals surface area contributed by atoms with Gasteiger partial charge in [0.05, 0.1) is 10.6 Å². The Morgan fingerprint density at radius 1 is 1.53 bits per heavy atom. The zero-order chi connectivity index (χ0) is 12.3. The first kappa shape index (κ1) is 11.7. The summed E-state index contributed by atoms with van der Waals surface area (Å²) < 4.78 is 1.93. The minimum absolute atomic E-state index is 0.216. The monoisotopic (exact) mass is 249 g/mol. The number of nitrogens with one attached hydrogen (secondary N) is 1. The first-order chi connectivity index (χ1) is 8.16. The predicted molar refractivity (Wildman–Crippen MR) is 65.8 cm³/mol. The van der Waals surface area contributed by atoms with Crippen molar-refractivity contribution in [1.82, 2.24) is 14.9 Å². The van der Waals surface area contributed by atoms with Crippen molar-refractivity contribution in [2.24, 2.45) is 7.05 Å². The van der Waals surface area contributed by atoms with E-state index < -0.39 is 0 Å². The second kappa shape index (κ2) is 5.01. The maximum Gasteiger partial charge on any atom is 0.254 e. The maximum absolute atomic E-state index is 11.8. The summed E-state index contributed by atoms with van der Waals surface area (Å²) >= 11 is 5.90. The smallest absolute Gasteiger partial charge is 0.254 e. The lowest BCUT2D eigenvalue weighted by atomic mass is 10.2. The van der Waals surface area contributed by atoms with Gasteiger partial charge in [0, 0.05) is 38.4 Å². The molecule has 5 heteroatoms. The fourth-order valence-corrected chi connectivity index (χ4v) is 1.68. The van der Waals surface area contributed by atoms with E-state index in [2.05, 4.69) is 10.3 Å². The van der Waals surface area contributed by atoms with Crippen LogP contribution in [0, 0.1) is 0 Å². The number of amides is 1. The lowest BCUT2D eigenvalue weighted by Gasteiger charge is -2.04. The van der Waals surface area contributed by atoms with Crippen LogP contribution >= 0.6 is 11.6 Å². The molecule has 2 aromatic rings. The second-order valence-corrected chi connectivity index (χ2v) is 4.13. The van der Waals surface area contributed by atoms with E-state index in [1.54, 1.807) is 12.3 Å². The van der Waals surface area contributed by atoms with Crippen molar-refractivity contribution in [2.45, 2.75) is 6.54 Å². The molecule has 0 aliphatic rings. The highest BCUT2D eigenvalue weighted by Crippen LogP contribution is 2.13. The second-order valence-electron chi connectivity index (χ2n) is 3.72. The number of hydrogen-bond acceptors (Lipinski definition) is 2. The zero-order valence-corrected chi connectivity index (χ0v) is 10.1. The molecule has 0 aliphatic heterocycles. The van der Waals surface area contributed by atoms with Crippen LogP contribution in [-0.2, 0) is 13.6 Å². The van der Waals surface area contributed by atoms with Gasteiger partial charge in [-0.1, -0.05) is 11.6 Å². The third-order valence-electron chi connectivity index (χ3n) is 2.36. The Labute approximate surface area is 104 Å². The van der Waals surface area contributed by atoms with Crippen LogP contribution in [0.3, 0.4) is 0 Å². The van der Waals surface area contributed by atoms with Gasteiger partial charge >= 0.3 is 0 Å². The van der Waals surface area contributed by atoms with Crippen LogP contribution in [0.25, 0.3) is 0 Å². The van der Waals surface area contributed by atoms with Gasteiger partial charge in [0.15, 0.2) is 0 Å². The number of hydrogen-bond donors (Lipinski definition) is 1. The quantitative estimate of drug-likeness (QED) is 0.905. The molecule has 0 spiro atoms. The van der Waals surface area contributed by atoms with Crippen LogP contribution < -0.4 is 5.32 Å². The number of rotatable bonds is 3.